The fraction of sp³-hybridized carbons (Fsp3) is 0.556. The van der Waals surface area contributed by atoms with Gasteiger partial charge in [-0.25, -0.2) is 0 Å². The fourth-order valence-corrected chi connectivity index (χ4v) is 3.18. The summed E-state index contributed by atoms with van der Waals surface area (Å²) in [5.74, 6) is 1.05. The predicted octanol–water partition coefficient (Wildman–Crippen LogP) is 3.14. The molecule has 1 atom stereocenters. The van der Waals surface area contributed by atoms with Crippen LogP contribution in [0.1, 0.15) is 38.3 Å². The van der Waals surface area contributed by atoms with Gasteiger partial charge in [-0.05, 0) is 45.8 Å². The fourth-order valence-electron chi connectivity index (χ4n) is 3.18. The van der Waals surface area contributed by atoms with Crippen molar-refractivity contribution in [3.63, 3.8) is 0 Å². The summed E-state index contributed by atoms with van der Waals surface area (Å²) in [5, 5.41) is 3.79. The number of piperidine rings is 1. The zero-order valence-corrected chi connectivity index (χ0v) is 13.1. The van der Waals surface area contributed by atoms with E-state index < -0.39 is 0 Å². The van der Waals surface area contributed by atoms with Crippen LogP contribution in [0.25, 0.3) is 0 Å². The number of likely N-dealkylation sites (tertiary alicyclic amines) is 1. The lowest BCUT2D eigenvalue weighted by Crippen LogP contribution is -2.44. The van der Waals surface area contributed by atoms with Crippen molar-refractivity contribution in [2.75, 3.05) is 26.2 Å². The van der Waals surface area contributed by atoms with E-state index in [0.29, 0.717) is 12.1 Å². The molecule has 21 heavy (non-hydrogen) atoms. The Labute approximate surface area is 128 Å². The Hall–Kier alpha value is -1.32. The van der Waals surface area contributed by atoms with E-state index in [1.807, 2.05) is 6.07 Å². The van der Waals surface area contributed by atoms with Crippen LogP contribution in [0.3, 0.4) is 0 Å². The van der Waals surface area contributed by atoms with E-state index in [1.165, 1.54) is 37.1 Å². The van der Waals surface area contributed by atoms with Crippen molar-refractivity contribution in [3.8, 4) is 5.75 Å². The van der Waals surface area contributed by atoms with Crippen LogP contribution in [-0.4, -0.2) is 37.2 Å². The third-order valence-electron chi connectivity index (χ3n) is 4.48. The molecule has 3 heteroatoms. The SMILES string of the molecule is CC(C)=CCN1CCC(NC2COc3ccccc32)CC1. The number of hydrogen-bond acceptors (Lipinski definition) is 3. The molecule has 0 spiro atoms. The summed E-state index contributed by atoms with van der Waals surface area (Å²) < 4.78 is 5.76. The quantitative estimate of drug-likeness (QED) is 0.861. The van der Waals surface area contributed by atoms with Crippen LogP contribution in [-0.2, 0) is 0 Å². The van der Waals surface area contributed by atoms with E-state index in [9.17, 15) is 0 Å². The molecule has 0 saturated carbocycles. The maximum atomic E-state index is 5.76. The molecule has 0 aliphatic carbocycles. The normalized spacial score (nSPS) is 22.7. The molecule has 1 saturated heterocycles. The van der Waals surface area contributed by atoms with Gasteiger partial charge in [-0.3, -0.25) is 4.90 Å². The van der Waals surface area contributed by atoms with E-state index in [1.54, 1.807) is 0 Å². The van der Waals surface area contributed by atoms with Crippen molar-refractivity contribution in [1.82, 2.24) is 10.2 Å². The number of rotatable bonds is 4. The van der Waals surface area contributed by atoms with Gasteiger partial charge < -0.3 is 10.1 Å². The second-order valence-corrected chi connectivity index (χ2v) is 6.42. The first-order valence-electron chi connectivity index (χ1n) is 8.06. The Morgan fingerprint density at radius 1 is 1.29 bits per heavy atom. The smallest absolute Gasteiger partial charge is 0.124 e. The Morgan fingerprint density at radius 2 is 2.05 bits per heavy atom. The number of fused-ring (bicyclic) bond motifs is 1. The van der Waals surface area contributed by atoms with Crippen molar-refractivity contribution in [1.29, 1.82) is 0 Å². The molecular formula is C18H26N2O. The Morgan fingerprint density at radius 3 is 2.81 bits per heavy atom. The summed E-state index contributed by atoms with van der Waals surface area (Å²) in [5.41, 5.74) is 2.74. The summed E-state index contributed by atoms with van der Waals surface area (Å²) in [4.78, 5) is 2.55. The van der Waals surface area contributed by atoms with Crippen molar-refractivity contribution in [3.05, 3.63) is 41.5 Å². The predicted molar refractivity (Wildman–Crippen MR) is 86.7 cm³/mol. The van der Waals surface area contributed by atoms with Gasteiger partial charge in [-0.1, -0.05) is 29.8 Å². The minimum atomic E-state index is 0.371. The van der Waals surface area contributed by atoms with Gasteiger partial charge in [-0.2, -0.15) is 0 Å². The molecule has 3 nitrogen and oxygen atoms in total. The van der Waals surface area contributed by atoms with Gasteiger partial charge in [0.1, 0.15) is 12.4 Å². The minimum Gasteiger partial charge on any atom is -0.491 e. The van der Waals surface area contributed by atoms with Crippen LogP contribution < -0.4 is 10.1 Å². The summed E-state index contributed by atoms with van der Waals surface area (Å²) in [6, 6.07) is 9.39. The molecule has 0 bridgehead atoms. The van der Waals surface area contributed by atoms with Gasteiger partial charge in [0.15, 0.2) is 0 Å². The lowest BCUT2D eigenvalue weighted by atomic mass is 10.0. The van der Waals surface area contributed by atoms with Crippen molar-refractivity contribution in [2.45, 2.75) is 38.8 Å². The summed E-state index contributed by atoms with van der Waals surface area (Å²) in [6.45, 7) is 8.60. The highest BCUT2D eigenvalue weighted by atomic mass is 16.5. The molecule has 1 unspecified atom stereocenters. The molecule has 2 aliphatic rings. The molecule has 0 amide bonds. The van der Waals surface area contributed by atoms with Gasteiger partial charge in [0.25, 0.3) is 0 Å². The van der Waals surface area contributed by atoms with Crippen molar-refractivity contribution < 1.29 is 4.74 Å². The van der Waals surface area contributed by atoms with Crippen molar-refractivity contribution in [2.24, 2.45) is 0 Å². The van der Waals surface area contributed by atoms with Gasteiger partial charge in [0.2, 0.25) is 0 Å². The molecule has 1 aromatic rings. The second kappa shape index (κ2) is 6.63. The maximum absolute atomic E-state index is 5.76. The number of nitrogens with one attached hydrogen (secondary N) is 1. The summed E-state index contributed by atoms with van der Waals surface area (Å²) in [6.07, 6.45) is 4.79. The molecular weight excluding hydrogens is 260 g/mol. The highest BCUT2D eigenvalue weighted by molar-refractivity contribution is 5.39. The molecule has 1 aromatic carbocycles. The maximum Gasteiger partial charge on any atom is 0.124 e. The van der Waals surface area contributed by atoms with Crippen LogP contribution in [0.4, 0.5) is 0 Å². The van der Waals surface area contributed by atoms with Crippen LogP contribution >= 0.6 is 0 Å². The number of ether oxygens (including phenoxy) is 1. The van der Waals surface area contributed by atoms with Crippen LogP contribution in [0, 0.1) is 0 Å². The first-order valence-corrected chi connectivity index (χ1v) is 8.06. The molecule has 1 fully saturated rings. The average Bonchev–Trinajstić information content (AvgIpc) is 2.90. The van der Waals surface area contributed by atoms with Crippen LogP contribution in [0.15, 0.2) is 35.9 Å². The average molecular weight is 286 g/mol. The number of allylic oxidation sites excluding steroid dienone is 1. The molecule has 2 aliphatic heterocycles. The number of para-hydroxylation sites is 1. The van der Waals surface area contributed by atoms with E-state index in [2.05, 4.69) is 48.3 Å². The van der Waals surface area contributed by atoms with Crippen LogP contribution in [0.5, 0.6) is 5.75 Å². The van der Waals surface area contributed by atoms with Crippen LogP contribution in [0.2, 0.25) is 0 Å². The minimum absolute atomic E-state index is 0.371. The van der Waals surface area contributed by atoms with Gasteiger partial charge in [-0.15, -0.1) is 0 Å². The van der Waals surface area contributed by atoms with E-state index in [-0.39, 0.29) is 0 Å². The zero-order chi connectivity index (χ0) is 14.7. The largest absolute Gasteiger partial charge is 0.491 e. The molecule has 0 aromatic heterocycles. The molecule has 3 rings (SSSR count). The van der Waals surface area contributed by atoms with Gasteiger partial charge >= 0.3 is 0 Å². The van der Waals surface area contributed by atoms with E-state index in [4.69, 9.17) is 4.74 Å². The molecule has 114 valence electrons. The van der Waals surface area contributed by atoms with E-state index in [0.717, 1.165) is 18.9 Å². The first-order chi connectivity index (χ1) is 10.2. The lowest BCUT2D eigenvalue weighted by Gasteiger charge is -2.33. The topological polar surface area (TPSA) is 24.5 Å². The Bertz CT molecular complexity index is 500. The number of nitrogens with zero attached hydrogens (tertiary/aromatic N) is 1. The lowest BCUT2D eigenvalue weighted by molar-refractivity contribution is 0.198. The molecule has 2 heterocycles. The second-order valence-electron chi connectivity index (χ2n) is 6.42. The van der Waals surface area contributed by atoms with E-state index >= 15 is 0 Å². The highest BCUT2D eigenvalue weighted by Crippen LogP contribution is 2.32. The van der Waals surface area contributed by atoms with Gasteiger partial charge in [0.05, 0.1) is 6.04 Å². The third kappa shape index (κ3) is 3.66. The summed E-state index contributed by atoms with van der Waals surface area (Å²) >= 11 is 0. The first kappa shape index (κ1) is 14.6. The standard InChI is InChI=1S/C18H26N2O/c1-14(2)7-10-20-11-8-15(9-12-20)19-17-13-21-18-6-4-3-5-16(17)18/h3-7,15,17,19H,8-13H2,1-2H3. The number of hydrogen-bond donors (Lipinski definition) is 1. The molecule has 0 radical (unpaired) electrons. The van der Waals surface area contributed by atoms with Crippen molar-refractivity contribution >= 4 is 0 Å². The zero-order valence-electron chi connectivity index (χ0n) is 13.1. The summed E-state index contributed by atoms with van der Waals surface area (Å²) in [7, 11) is 0. The Kier molecular flexibility index (Phi) is 4.61. The van der Waals surface area contributed by atoms with Gasteiger partial charge in [0, 0.05) is 18.2 Å². The third-order valence-corrected chi connectivity index (χ3v) is 4.48. The molecule has 1 N–H and O–H groups in total. The highest BCUT2D eigenvalue weighted by Gasteiger charge is 2.27. The monoisotopic (exact) mass is 286 g/mol. The Balaban J connectivity index is 1.49. The number of benzene rings is 1.